The highest BCUT2D eigenvalue weighted by molar-refractivity contribution is 7.02. The predicted octanol–water partition coefficient (Wildman–Crippen LogP) is 1.10. The lowest BCUT2D eigenvalue weighted by Gasteiger charge is -2.07. The Bertz CT molecular complexity index is 482. The zero-order valence-corrected chi connectivity index (χ0v) is 9.94. The Hall–Kier alpha value is -1.13. The summed E-state index contributed by atoms with van der Waals surface area (Å²) in [6, 6.07) is 1.68. The molecule has 0 saturated carbocycles. The molecule has 0 spiro atoms. The molecule has 1 aliphatic rings. The molecule has 0 atom stereocenters. The van der Waals surface area contributed by atoms with Crippen LogP contribution >= 0.6 is 11.1 Å². The molecule has 15 heavy (non-hydrogen) atoms. The van der Waals surface area contributed by atoms with Gasteiger partial charge < -0.3 is 4.74 Å². The maximum Gasteiger partial charge on any atom is 0.346 e. The van der Waals surface area contributed by atoms with E-state index >= 15 is 0 Å². The van der Waals surface area contributed by atoms with Gasteiger partial charge in [-0.2, -0.15) is 11.1 Å². The molecule has 76 valence electrons. The summed E-state index contributed by atoms with van der Waals surface area (Å²) in [5, 5.41) is 0.725. The molecule has 5 heteroatoms. The fourth-order valence-electron chi connectivity index (χ4n) is 1.60. The first-order valence-electron chi connectivity index (χ1n) is 4.33. The lowest BCUT2D eigenvalue weighted by atomic mass is 10.0. The van der Waals surface area contributed by atoms with Crippen molar-refractivity contribution in [2.75, 3.05) is 0 Å². The monoisotopic (exact) mass is 238 g/mol. The molecule has 0 fully saturated rings. The molecule has 0 unspecified atom stereocenters. The van der Waals surface area contributed by atoms with Crippen LogP contribution in [0.25, 0.3) is 0 Å². The van der Waals surface area contributed by atoms with Gasteiger partial charge in [-0.15, -0.1) is 0 Å². The summed E-state index contributed by atoms with van der Waals surface area (Å²) in [6.07, 6.45) is 0. The van der Waals surface area contributed by atoms with Gasteiger partial charge in [0.25, 0.3) is 0 Å². The van der Waals surface area contributed by atoms with Crippen LogP contribution in [0.2, 0.25) is 0 Å². The average molecular weight is 239 g/mol. The smallest absolute Gasteiger partial charge is 0.346 e. The Labute approximate surface area is 93.9 Å². The molecule has 2 radical (unpaired) electrons. The van der Waals surface area contributed by atoms with Crippen molar-refractivity contribution in [3.05, 3.63) is 28.3 Å². The lowest BCUT2D eigenvalue weighted by molar-refractivity contribution is 0.0444. The molecule has 1 aliphatic heterocycles. The Kier molecular flexibility index (Phi) is 2.40. The molecule has 0 aromatic heterocycles. The molecule has 1 aromatic rings. The Morgan fingerprint density at radius 2 is 1.93 bits per heavy atom. The number of hydrogen-bond acceptors (Lipinski definition) is 3. The molecule has 0 N–H and O–H groups in total. The van der Waals surface area contributed by atoms with Gasteiger partial charge in [0.2, 0.25) is 8.83 Å². The van der Waals surface area contributed by atoms with Crippen LogP contribution in [0.3, 0.4) is 0 Å². The van der Waals surface area contributed by atoms with Crippen molar-refractivity contribution in [2.24, 2.45) is 0 Å². The summed E-state index contributed by atoms with van der Waals surface area (Å²) in [6.45, 7) is 3.77. The number of aryl methyl sites for hydroxylation is 1. The van der Waals surface area contributed by atoms with Crippen LogP contribution in [0.5, 0.6) is 0 Å². The number of hydrogen-bond donors (Lipinski definition) is 0. The third-order valence-electron chi connectivity index (χ3n) is 2.55. The van der Waals surface area contributed by atoms with Gasteiger partial charge in [-0.3, -0.25) is 0 Å². The van der Waals surface area contributed by atoms with Gasteiger partial charge in [-0.25, -0.2) is 9.59 Å². The second-order valence-corrected chi connectivity index (χ2v) is 4.64. The summed E-state index contributed by atoms with van der Waals surface area (Å²) < 4.78 is 4.55. The van der Waals surface area contributed by atoms with Gasteiger partial charge in [0.15, 0.2) is 0 Å². The van der Waals surface area contributed by atoms with Crippen molar-refractivity contribution in [2.45, 2.75) is 13.8 Å². The Morgan fingerprint density at radius 3 is 2.53 bits per heavy atom. The van der Waals surface area contributed by atoms with E-state index in [1.165, 1.54) is 0 Å². The Morgan fingerprint density at radius 1 is 1.27 bits per heavy atom. The molecule has 1 heterocycles. The first kappa shape index (κ1) is 10.4. The van der Waals surface area contributed by atoms with E-state index in [0.717, 1.165) is 16.3 Å². The van der Waals surface area contributed by atoms with Crippen LogP contribution < -0.4 is 5.19 Å². The van der Waals surface area contributed by atoms with Crippen molar-refractivity contribution in [3.8, 4) is 0 Å². The highest BCUT2D eigenvalue weighted by Gasteiger charge is 2.33. The van der Waals surface area contributed by atoms with Crippen LogP contribution in [0.4, 0.5) is 0 Å². The van der Waals surface area contributed by atoms with E-state index in [4.69, 9.17) is 11.1 Å². The number of halogens is 1. The van der Waals surface area contributed by atoms with E-state index in [1.807, 2.05) is 13.8 Å². The molecule has 0 bridgehead atoms. The van der Waals surface area contributed by atoms with E-state index in [1.54, 1.807) is 6.07 Å². The third kappa shape index (κ3) is 1.41. The summed E-state index contributed by atoms with van der Waals surface area (Å²) in [7, 11) is -0.0379. The first-order valence-corrected chi connectivity index (χ1v) is 6.34. The number of cyclic esters (lactones) is 2. The minimum Gasteiger partial charge on any atom is -0.386 e. The van der Waals surface area contributed by atoms with Crippen LogP contribution in [0.1, 0.15) is 31.8 Å². The molecule has 2 rings (SSSR count). The van der Waals surface area contributed by atoms with Crippen LogP contribution in [0.15, 0.2) is 6.07 Å². The van der Waals surface area contributed by atoms with E-state index in [2.05, 4.69) is 4.74 Å². The van der Waals surface area contributed by atoms with Gasteiger partial charge in [-0.05, 0) is 36.2 Å². The highest BCUT2D eigenvalue weighted by Crippen LogP contribution is 2.21. The highest BCUT2D eigenvalue weighted by atomic mass is 35.6. The Balaban J connectivity index is 2.81. The zero-order chi connectivity index (χ0) is 11.2. The number of carbonyl (C=O) groups is 2. The van der Waals surface area contributed by atoms with Gasteiger partial charge in [0.1, 0.15) is 0 Å². The summed E-state index contributed by atoms with van der Waals surface area (Å²) in [4.78, 5) is 22.7. The molecule has 0 amide bonds. The normalized spacial score (nSPS) is 14.1. The lowest BCUT2D eigenvalue weighted by Crippen LogP contribution is -2.23. The fraction of sp³-hybridized carbons (Fsp3) is 0.200. The van der Waals surface area contributed by atoms with E-state index in [9.17, 15) is 9.59 Å². The number of carbonyl (C=O) groups excluding carboxylic acids is 2. The number of benzene rings is 1. The first-order chi connectivity index (χ1) is 7.06. The number of ether oxygens (including phenoxy) is 1. The van der Waals surface area contributed by atoms with Crippen molar-refractivity contribution >= 4 is 37.0 Å². The zero-order valence-electron chi connectivity index (χ0n) is 8.18. The van der Waals surface area contributed by atoms with Crippen LogP contribution in [-0.4, -0.2) is 20.8 Å². The van der Waals surface area contributed by atoms with Gasteiger partial charge in [0, 0.05) is 0 Å². The minimum atomic E-state index is -0.582. The minimum absolute atomic E-state index is 0.0379. The predicted molar refractivity (Wildman–Crippen MR) is 56.9 cm³/mol. The molecular formula is C10H7ClO3Si. The standard InChI is InChI=1S/C10H7ClO3Si/c1-4-3-6-7(8(15-11)5(4)2)10(13)14-9(6)12/h3H,1-2H3. The maximum absolute atomic E-state index is 11.4. The van der Waals surface area contributed by atoms with Crippen molar-refractivity contribution in [1.29, 1.82) is 0 Å². The van der Waals surface area contributed by atoms with E-state index < -0.39 is 11.9 Å². The van der Waals surface area contributed by atoms with Gasteiger partial charge >= 0.3 is 11.9 Å². The number of rotatable bonds is 1. The summed E-state index contributed by atoms with van der Waals surface area (Å²) in [5.41, 5.74) is 2.58. The van der Waals surface area contributed by atoms with Gasteiger partial charge in [-0.1, -0.05) is 0 Å². The largest absolute Gasteiger partial charge is 0.386 e. The average Bonchev–Trinajstić information content (AvgIpc) is 2.45. The molecular weight excluding hydrogens is 232 g/mol. The van der Waals surface area contributed by atoms with Crippen LogP contribution in [-0.2, 0) is 4.74 Å². The SMILES string of the molecule is Cc1cc2c(c([Si]Cl)c1C)C(=O)OC2=O. The van der Waals surface area contributed by atoms with Crippen molar-refractivity contribution in [3.63, 3.8) is 0 Å². The fourth-order valence-corrected chi connectivity index (χ4v) is 2.98. The third-order valence-corrected chi connectivity index (χ3v) is 3.93. The number of esters is 2. The summed E-state index contributed by atoms with van der Waals surface area (Å²) in [5.74, 6) is -1.16. The van der Waals surface area contributed by atoms with Crippen molar-refractivity contribution < 1.29 is 14.3 Å². The summed E-state index contributed by atoms with van der Waals surface area (Å²) >= 11 is 5.81. The maximum atomic E-state index is 11.4. The van der Waals surface area contributed by atoms with Crippen molar-refractivity contribution in [1.82, 2.24) is 0 Å². The molecule has 0 saturated heterocycles. The second kappa shape index (κ2) is 3.47. The topological polar surface area (TPSA) is 43.4 Å². The second-order valence-electron chi connectivity index (χ2n) is 3.39. The molecule has 1 aromatic carbocycles. The van der Waals surface area contributed by atoms with Crippen LogP contribution in [0, 0.1) is 13.8 Å². The molecule has 3 nitrogen and oxygen atoms in total. The van der Waals surface area contributed by atoms with E-state index in [0.29, 0.717) is 11.1 Å². The van der Waals surface area contributed by atoms with Gasteiger partial charge in [0.05, 0.1) is 11.1 Å². The number of fused-ring (bicyclic) bond motifs is 1. The molecule has 0 aliphatic carbocycles. The quantitative estimate of drug-likeness (QED) is 0.319. The van der Waals surface area contributed by atoms with E-state index in [-0.39, 0.29) is 8.83 Å².